The van der Waals surface area contributed by atoms with Crippen LogP contribution in [0.15, 0.2) is 18.2 Å². The first-order chi connectivity index (χ1) is 9.08. The number of thiazole rings is 1. The van der Waals surface area contributed by atoms with Crippen molar-refractivity contribution in [1.82, 2.24) is 4.98 Å². The molecule has 1 aromatic heterocycles. The lowest BCUT2D eigenvalue weighted by atomic mass is 10.1. The predicted molar refractivity (Wildman–Crippen MR) is 80.8 cm³/mol. The molecule has 3 N–H and O–H groups in total. The molecule has 6 heteroatoms. The van der Waals surface area contributed by atoms with E-state index in [-0.39, 0.29) is 11.9 Å². The van der Waals surface area contributed by atoms with Crippen LogP contribution in [0.25, 0.3) is 10.2 Å². The van der Waals surface area contributed by atoms with Gasteiger partial charge in [0.25, 0.3) is 0 Å². The molecule has 0 radical (unpaired) electrons. The number of halogens is 1. The summed E-state index contributed by atoms with van der Waals surface area (Å²) >= 11 is 7.32. The van der Waals surface area contributed by atoms with Crippen LogP contribution < -0.4 is 11.1 Å². The molecule has 1 aromatic carbocycles. The second-order valence-electron chi connectivity index (χ2n) is 4.43. The molecule has 102 valence electrons. The second-order valence-corrected chi connectivity index (χ2v) is 5.90. The van der Waals surface area contributed by atoms with E-state index in [9.17, 15) is 4.79 Å². The first kappa shape index (κ1) is 14.2. The Bertz CT molecular complexity index is 584. The highest BCUT2D eigenvalue weighted by molar-refractivity contribution is 7.22. The SMILES string of the molecule is CCCC(N)CC(=O)Nc1nc2ccc(Cl)cc2s1. The Morgan fingerprint density at radius 3 is 3.11 bits per heavy atom. The van der Waals surface area contributed by atoms with Crippen LogP contribution in [0.1, 0.15) is 26.2 Å². The molecule has 1 unspecified atom stereocenters. The van der Waals surface area contributed by atoms with Gasteiger partial charge in [-0.25, -0.2) is 4.98 Å². The maximum Gasteiger partial charge on any atom is 0.227 e. The summed E-state index contributed by atoms with van der Waals surface area (Å²) < 4.78 is 0.959. The van der Waals surface area contributed by atoms with Crippen LogP contribution >= 0.6 is 22.9 Å². The van der Waals surface area contributed by atoms with Crippen LogP contribution in [0.4, 0.5) is 5.13 Å². The van der Waals surface area contributed by atoms with Gasteiger partial charge in [0.05, 0.1) is 10.2 Å². The number of nitrogens with two attached hydrogens (primary N) is 1. The van der Waals surface area contributed by atoms with Crippen LogP contribution in [-0.2, 0) is 4.79 Å². The van der Waals surface area contributed by atoms with Gasteiger partial charge in [-0.2, -0.15) is 0 Å². The topological polar surface area (TPSA) is 68.0 Å². The number of benzene rings is 1. The van der Waals surface area contributed by atoms with Gasteiger partial charge in [-0.3, -0.25) is 4.79 Å². The summed E-state index contributed by atoms with van der Waals surface area (Å²) in [7, 11) is 0. The molecular weight excluding hydrogens is 282 g/mol. The standard InChI is InChI=1S/C13H16ClN3OS/c1-2-3-9(15)7-12(18)17-13-16-10-5-4-8(14)6-11(10)19-13/h4-6,9H,2-3,7,15H2,1H3,(H,16,17,18). The third kappa shape index (κ3) is 3.89. The largest absolute Gasteiger partial charge is 0.327 e. The average molecular weight is 298 g/mol. The van der Waals surface area contributed by atoms with Crippen LogP contribution in [0.3, 0.4) is 0 Å². The van der Waals surface area contributed by atoms with Gasteiger partial charge >= 0.3 is 0 Å². The van der Waals surface area contributed by atoms with Gasteiger partial charge in [0.1, 0.15) is 0 Å². The van der Waals surface area contributed by atoms with Crippen LogP contribution in [0.2, 0.25) is 5.02 Å². The summed E-state index contributed by atoms with van der Waals surface area (Å²) in [5.74, 6) is -0.0916. The van der Waals surface area contributed by atoms with E-state index in [1.807, 2.05) is 12.1 Å². The number of fused-ring (bicyclic) bond motifs is 1. The zero-order valence-corrected chi connectivity index (χ0v) is 12.2. The lowest BCUT2D eigenvalue weighted by molar-refractivity contribution is -0.116. The number of amides is 1. The minimum Gasteiger partial charge on any atom is -0.327 e. The summed E-state index contributed by atoms with van der Waals surface area (Å²) in [5.41, 5.74) is 6.67. The summed E-state index contributed by atoms with van der Waals surface area (Å²) in [6, 6.07) is 5.38. The second kappa shape index (κ2) is 6.32. The molecule has 4 nitrogen and oxygen atoms in total. The monoisotopic (exact) mass is 297 g/mol. The molecule has 1 amide bonds. The number of nitrogens with one attached hydrogen (secondary N) is 1. The lowest BCUT2D eigenvalue weighted by Gasteiger charge is -2.08. The Kier molecular flexibility index (Phi) is 4.74. The third-order valence-electron chi connectivity index (χ3n) is 2.70. The van der Waals surface area contributed by atoms with Crippen molar-refractivity contribution >= 4 is 44.2 Å². The van der Waals surface area contributed by atoms with Gasteiger partial charge in [-0.1, -0.05) is 36.3 Å². The van der Waals surface area contributed by atoms with Crippen molar-refractivity contribution in [2.45, 2.75) is 32.2 Å². The van der Waals surface area contributed by atoms with E-state index in [4.69, 9.17) is 17.3 Å². The van der Waals surface area contributed by atoms with Gasteiger partial charge in [-0.05, 0) is 24.6 Å². The molecule has 2 rings (SSSR count). The van der Waals surface area contributed by atoms with Gasteiger partial charge in [0.2, 0.25) is 5.91 Å². The molecule has 0 spiro atoms. The van der Waals surface area contributed by atoms with Gasteiger partial charge < -0.3 is 11.1 Å². The number of anilines is 1. The van der Waals surface area contributed by atoms with E-state index < -0.39 is 0 Å². The Morgan fingerprint density at radius 2 is 2.37 bits per heavy atom. The fourth-order valence-corrected chi connectivity index (χ4v) is 2.99. The van der Waals surface area contributed by atoms with Gasteiger partial charge in [-0.15, -0.1) is 0 Å². The molecule has 0 bridgehead atoms. The summed E-state index contributed by atoms with van der Waals surface area (Å²) in [6.45, 7) is 2.05. The number of aromatic nitrogens is 1. The normalized spacial score (nSPS) is 12.6. The van der Waals surface area contributed by atoms with Crippen molar-refractivity contribution in [3.63, 3.8) is 0 Å². The quantitative estimate of drug-likeness (QED) is 0.888. The molecule has 1 atom stereocenters. The van der Waals surface area contributed by atoms with Crippen LogP contribution in [0, 0.1) is 0 Å². The average Bonchev–Trinajstić information content (AvgIpc) is 2.70. The van der Waals surface area contributed by atoms with Crippen molar-refractivity contribution in [1.29, 1.82) is 0 Å². The van der Waals surface area contributed by atoms with Gasteiger partial charge in [0, 0.05) is 17.5 Å². The summed E-state index contributed by atoms with van der Waals surface area (Å²) in [4.78, 5) is 16.1. The minimum absolute atomic E-state index is 0.0891. The molecule has 1 heterocycles. The summed E-state index contributed by atoms with van der Waals surface area (Å²) in [5, 5.41) is 4.04. The third-order valence-corrected chi connectivity index (χ3v) is 3.87. The van der Waals surface area contributed by atoms with E-state index in [2.05, 4.69) is 17.2 Å². The number of rotatable bonds is 5. The molecule has 2 aromatic rings. The fourth-order valence-electron chi connectivity index (χ4n) is 1.83. The summed E-state index contributed by atoms with van der Waals surface area (Å²) in [6.07, 6.45) is 2.15. The number of hydrogen-bond donors (Lipinski definition) is 2. The zero-order valence-electron chi connectivity index (χ0n) is 10.6. The molecule has 0 fully saturated rings. The first-order valence-electron chi connectivity index (χ1n) is 6.20. The lowest BCUT2D eigenvalue weighted by Crippen LogP contribution is -2.26. The highest BCUT2D eigenvalue weighted by Crippen LogP contribution is 2.28. The molecule has 0 aliphatic carbocycles. The number of carbonyl (C=O) groups excluding carboxylic acids is 1. The molecule has 0 saturated carbocycles. The maximum atomic E-state index is 11.8. The van der Waals surface area contributed by atoms with Crippen LogP contribution in [-0.4, -0.2) is 16.9 Å². The van der Waals surface area contributed by atoms with E-state index in [1.54, 1.807) is 6.07 Å². The minimum atomic E-state index is -0.0916. The molecule has 19 heavy (non-hydrogen) atoms. The number of hydrogen-bond acceptors (Lipinski definition) is 4. The zero-order chi connectivity index (χ0) is 13.8. The number of carbonyl (C=O) groups is 1. The van der Waals surface area contributed by atoms with Crippen molar-refractivity contribution in [2.24, 2.45) is 5.73 Å². The van der Waals surface area contributed by atoms with E-state index >= 15 is 0 Å². The van der Waals surface area contributed by atoms with Crippen molar-refractivity contribution in [3.8, 4) is 0 Å². The molecule has 0 saturated heterocycles. The molecule has 0 aliphatic heterocycles. The maximum absolute atomic E-state index is 11.8. The molecular formula is C13H16ClN3OS. The van der Waals surface area contributed by atoms with Crippen molar-refractivity contribution in [2.75, 3.05) is 5.32 Å². The fraction of sp³-hybridized carbons (Fsp3) is 0.385. The van der Waals surface area contributed by atoms with E-state index in [0.29, 0.717) is 16.6 Å². The number of nitrogens with zero attached hydrogens (tertiary/aromatic N) is 1. The van der Waals surface area contributed by atoms with Crippen LogP contribution in [0.5, 0.6) is 0 Å². The predicted octanol–water partition coefficient (Wildman–Crippen LogP) is 3.41. The Hall–Kier alpha value is -1.17. The highest BCUT2D eigenvalue weighted by atomic mass is 35.5. The Balaban J connectivity index is 2.02. The van der Waals surface area contributed by atoms with Crippen molar-refractivity contribution in [3.05, 3.63) is 23.2 Å². The molecule has 0 aliphatic rings. The Morgan fingerprint density at radius 1 is 1.58 bits per heavy atom. The smallest absolute Gasteiger partial charge is 0.227 e. The van der Waals surface area contributed by atoms with E-state index in [0.717, 1.165) is 23.1 Å². The highest BCUT2D eigenvalue weighted by Gasteiger charge is 2.11. The Labute approximate surface area is 121 Å². The van der Waals surface area contributed by atoms with Crippen molar-refractivity contribution < 1.29 is 4.79 Å². The van der Waals surface area contributed by atoms with Gasteiger partial charge in [0.15, 0.2) is 5.13 Å². The van der Waals surface area contributed by atoms with E-state index in [1.165, 1.54) is 11.3 Å². The first-order valence-corrected chi connectivity index (χ1v) is 7.39.